The number of likely N-dealkylation sites (N-methyl/N-ethyl adjacent to an activating group) is 1. The highest BCUT2D eigenvalue weighted by Gasteiger charge is 2.38. The molecule has 0 aromatic heterocycles. The van der Waals surface area contributed by atoms with Crippen LogP contribution in [-0.4, -0.2) is 68.0 Å². The lowest BCUT2D eigenvalue weighted by molar-refractivity contribution is -0.137. The zero-order chi connectivity index (χ0) is 29.8. The van der Waals surface area contributed by atoms with E-state index in [1.807, 2.05) is 45.0 Å². The molecule has 224 valence electrons. The molecule has 3 N–H and O–H groups in total. The Morgan fingerprint density at radius 2 is 1.59 bits per heavy atom. The largest absolute Gasteiger partial charge is 0.489 e. The van der Waals surface area contributed by atoms with Gasteiger partial charge in [0.1, 0.15) is 11.9 Å². The van der Waals surface area contributed by atoms with Gasteiger partial charge in [-0.25, -0.2) is 0 Å². The summed E-state index contributed by atoms with van der Waals surface area (Å²) in [6.45, 7) is 7.03. The zero-order valence-electron chi connectivity index (χ0n) is 24.8. The third-order valence-corrected chi connectivity index (χ3v) is 7.53. The van der Waals surface area contributed by atoms with E-state index in [4.69, 9.17) is 16.3 Å². The van der Waals surface area contributed by atoms with Crippen molar-refractivity contribution in [2.45, 2.75) is 71.4 Å². The van der Waals surface area contributed by atoms with Gasteiger partial charge in [-0.15, -0.1) is 0 Å². The first-order valence-electron chi connectivity index (χ1n) is 14.8. The van der Waals surface area contributed by atoms with Gasteiger partial charge >= 0.3 is 0 Å². The molecule has 1 saturated carbocycles. The molecular formula is C32H45ClN4O4. The Morgan fingerprint density at radius 3 is 2.24 bits per heavy atom. The highest BCUT2D eigenvalue weighted by molar-refractivity contribution is 6.30. The maximum atomic E-state index is 13.0. The van der Waals surface area contributed by atoms with Gasteiger partial charge in [-0.3, -0.25) is 14.4 Å². The van der Waals surface area contributed by atoms with Crippen molar-refractivity contribution in [2.75, 3.05) is 33.2 Å². The summed E-state index contributed by atoms with van der Waals surface area (Å²) < 4.78 is 6.37. The van der Waals surface area contributed by atoms with Crippen LogP contribution in [0.25, 0.3) is 0 Å². The SMILES string of the molecule is CC.CN1CC(=O)NCC(=O)NCCCc2cccc3c2OC(CC3)CNC(C2CC2)C1=O.Cc1ccc(Cl)cc1. The minimum Gasteiger partial charge on any atom is -0.489 e. The van der Waals surface area contributed by atoms with Crippen LogP contribution < -0.4 is 20.7 Å². The molecule has 0 radical (unpaired) electrons. The molecule has 8 nitrogen and oxygen atoms in total. The van der Waals surface area contributed by atoms with Crippen molar-refractivity contribution < 1.29 is 19.1 Å². The maximum Gasteiger partial charge on any atom is 0.240 e. The van der Waals surface area contributed by atoms with E-state index in [0.29, 0.717) is 19.0 Å². The number of ether oxygens (including phenoxy) is 1. The van der Waals surface area contributed by atoms with Crippen molar-refractivity contribution in [3.05, 3.63) is 64.2 Å². The van der Waals surface area contributed by atoms with E-state index >= 15 is 0 Å². The predicted octanol–water partition coefficient (Wildman–Crippen LogP) is 4.06. The zero-order valence-corrected chi connectivity index (χ0v) is 25.6. The number of amides is 3. The first kappa shape index (κ1) is 32.4. The second-order valence-electron chi connectivity index (χ2n) is 10.6. The van der Waals surface area contributed by atoms with Crippen molar-refractivity contribution >= 4 is 29.3 Å². The molecule has 2 bridgehead atoms. The topological polar surface area (TPSA) is 99.8 Å². The molecule has 3 aliphatic rings. The second-order valence-corrected chi connectivity index (χ2v) is 11.1. The molecule has 2 unspecified atom stereocenters. The smallest absolute Gasteiger partial charge is 0.240 e. The number of carbonyl (C=O) groups excluding carboxylic acids is 3. The fourth-order valence-corrected chi connectivity index (χ4v) is 5.01. The number of aryl methyl sites for hydroxylation is 3. The minimum absolute atomic E-state index is 0.00916. The quantitative estimate of drug-likeness (QED) is 0.469. The molecule has 2 heterocycles. The molecule has 2 aromatic carbocycles. The Labute approximate surface area is 249 Å². The molecule has 2 atom stereocenters. The number of hydrogen-bond donors (Lipinski definition) is 3. The molecule has 2 aromatic rings. The van der Waals surface area contributed by atoms with Crippen molar-refractivity contribution in [1.82, 2.24) is 20.9 Å². The number of nitrogens with zero attached hydrogens (tertiary/aromatic N) is 1. The third-order valence-electron chi connectivity index (χ3n) is 7.28. The van der Waals surface area contributed by atoms with E-state index < -0.39 is 0 Å². The Bertz CT molecular complexity index is 1130. The first-order chi connectivity index (χ1) is 19.8. The van der Waals surface area contributed by atoms with E-state index in [2.05, 4.69) is 34.1 Å². The van der Waals surface area contributed by atoms with Crippen LogP contribution in [0.1, 0.15) is 56.2 Å². The Balaban J connectivity index is 0.000000394. The second kappa shape index (κ2) is 16.4. The highest BCUT2D eigenvalue weighted by Crippen LogP contribution is 2.35. The molecule has 0 spiro atoms. The van der Waals surface area contributed by atoms with Crippen LogP contribution in [0.2, 0.25) is 5.02 Å². The summed E-state index contributed by atoms with van der Waals surface area (Å²) in [5, 5.41) is 9.68. The van der Waals surface area contributed by atoms with Crippen LogP contribution in [0.5, 0.6) is 5.75 Å². The van der Waals surface area contributed by atoms with Gasteiger partial charge in [-0.1, -0.05) is 61.3 Å². The van der Waals surface area contributed by atoms with E-state index in [0.717, 1.165) is 54.9 Å². The number of halogens is 1. The van der Waals surface area contributed by atoms with Gasteiger partial charge < -0.3 is 25.6 Å². The summed E-state index contributed by atoms with van der Waals surface area (Å²) >= 11 is 5.61. The van der Waals surface area contributed by atoms with Gasteiger partial charge in [0.15, 0.2) is 0 Å². The molecule has 1 aliphatic carbocycles. The molecule has 41 heavy (non-hydrogen) atoms. The van der Waals surface area contributed by atoms with Crippen LogP contribution in [0.15, 0.2) is 42.5 Å². The fraction of sp³-hybridized carbons (Fsp3) is 0.531. The van der Waals surface area contributed by atoms with E-state index in [9.17, 15) is 14.4 Å². The standard InChI is InChI=1S/C23H32N4O4.C7H7Cl.C2H6/c1-27-14-20(29)25-13-19(28)24-11-3-6-16-4-2-5-17-9-10-18(31-22(16)17)12-26-21(23(27)30)15-7-8-15;1-6-2-4-7(8)5-3-6;1-2/h2,4-5,15,18,21,26H,3,6-14H2,1H3,(H,24,28)(H,25,29);2-5H,1H3;1-2H3. The molecule has 0 saturated heterocycles. The lowest BCUT2D eigenvalue weighted by Crippen LogP contribution is -2.51. The van der Waals surface area contributed by atoms with Crippen molar-refractivity contribution in [3.8, 4) is 5.75 Å². The third kappa shape index (κ3) is 10.3. The van der Waals surface area contributed by atoms with Crippen LogP contribution in [0, 0.1) is 12.8 Å². The molecule has 1 fully saturated rings. The number of carbonyl (C=O) groups is 3. The molecule has 3 amide bonds. The van der Waals surface area contributed by atoms with Gasteiger partial charge in [0.25, 0.3) is 0 Å². The first-order valence-corrected chi connectivity index (χ1v) is 15.2. The minimum atomic E-state index is -0.335. The van der Waals surface area contributed by atoms with Crippen molar-refractivity contribution in [2.24, 2.45) is 5.92 Å². The number of fused-ring (bicyclic) bond motifs is 1. The Hall–Kier alpha value is -3.10. The van der Waals surface area contributed by atoms with E-state index in [-0.39, 0.29) is 43.0 Å². The highest BCUT2D eigenvalue weighted by atomic mass is 35.5. The van der Waals surface area contributed by atoms with Crippen LogP contribution in [0.3, 0.4) is 0 Å². The summed E-state index contributed by atoms with van der Waals surface area (Å²) in [5.41, 5.74) is 3.62. The van der Waals surface area contributed by atoms with E-state index in [1.165, 1.54) is 16.0 Å². The van der Waals surface area contributed by atoms with Crippen LogP contribution in [-0.2, 0) is 27.2 Å². The monoisotopic (exact) mass is 584 g/mol. The molecule has 5 rings (SSSR count). The summed E-state index contributed by atoms with van der Waals surface area (Å²) in [6, 6.07) is 13.7. The number of nitrogens with one attached hydrogen (secondary N) is 3. The summed E-state index contributed by atoms with van der Waals surface area (Å²) in [5.74, 6) is 0.624. The average molecular weight is 585 g/mol. The lowest BCUT2D eigenvalue weighted by atomic mass is 9.97. The average Bonchev–Trinajstić information content (AvgIpc) is 3.82. The summed E-state index contributed by atoms with van der Waals surface area (Å²) in [6.07, 6.45) is 5.50. The van der Waals surface area contributed by atoms with Crippen LogP contribution >= 0.6 is 11.6 Å². The number of rotatable bonds is 1. The number of para-hydroxylation sites is 1. The Kier molecular flexibility index (Phi) is 12.9. The van der Waals surface area contributed by atoms with E-state index in [1.54, 1.807) is 7.05 Å². The number of hydrogen-bond acceptors (Lipinski definition) is 5. The predicted molar refractivity (Wildman–Crippen MR) is 163 cm³/mol. The lowest BCUT2D eigenvalue weighted by Gasteiger charge is -2.30. The normalized spacial score (nSPS) is 21.8. The van der Waals surface area contributed by atoms with Gasteiger partial charge in [-0.2, -0.15) is 0 Å². The summed E-state index contributed by atoms with van der Waals surface area (Å²) in [4.78, 5) is 38.7. The van der Waals surface area contributed by atoms with Gasteiger partial charge in [0.05, 0.1) is 19.1 Å². The molecular weight excluding hydrogens is 540 g/mol. The Morgan fingerprint density at radius 1 is 0.902 bits per heavy atom. The van der Waals surface area contributed by atoms with Gasteiger partial charge in [0, 0.05) is 25.2 Å². The van der Waals surface area contributed by atoms with Crippen molar-refractivity contribution in [1.29, 1.82) is 0 Å². The molecule has 2 aliphatic heterocycles. The molecule has 9 heteroatoms. The van der Waals surface area contributed by atoms with Crippen molar-refractivity contribution in [3.63, 3.8) is 0 Å². The number of benzene rings is 2. The van der Waals surface area contributed by atoms with Gasteiger partial charge in [-0.05, 0) is 74.6 Å². The van der Waals surface area contributed by atoms with Gasteiger partial charge in [0.2, 0.25) is 17.7 Å². The maximum absolute atomic E-state index is 13.0. The van der Waals surface area contributed by atoms with Crippen LogP contribution in [0.4, 0.5) is 0 Å². The fourth-order valence-electron chi connectivity index (χ4n) is 4.88. The summed E-state index contributed by atoms with van der Waals surface area (Å²) in [7, 11) is 1.64.